The Morgan fingerprint density at radius 1 is 1.19 bits per heavy atom. The summed E-state index contributed by atoms with van der Waals surface area (Å²) < 4.78 is 0.646. The molecule has 0 saturated heterocycles. The van der Waals surface area contributed by atoms with Gasteiger partial charge >= 0.3 is 104 Å². The topological polar surface area (TPSA) is 46.2 Å². The Hall–Kier alpha value is -1.17. The molecule has 1 aromatic rings. The first-order valence-corrected chi connectivity index (χ1v) is 7.21. The van der Waals surface area contributed by atoms with Gasteiger partial charge in [-0.25, -0.2) is 0 Å². The third-order valence-electron chi connectivity index (χ3n) is 2.13. The zero-order valence-corrected chi connectivity index (χ0v) is 10.9. The number of amides is 1. The van der Waals surface area contributed by atoms with Crippen LogP contribution in [0.25, 0.3) is 0 Å². The summed E-state index contributed by atoms with van der Waals surface area (Å²) in [6.45, 7) is 1.73. The number of hydrogen-bond donors (Lipinski definition) is 1. The second kappa shape index (κ2) is 4.78. The van der Waals surface area contributed by atoms with Crippen molar-refractivity contribution in [2.45, 2.75) is 10.8 Å². The number of halogens is 1. The van der Waals surface area contributed by atoms with E-state index in [0.717, 1.165) is 3.57 Å². The van der Waals surface area contributed by atoms with Crippen molar-refractivity contribution < 1.29 is 30.8 Å². The first kappa shape index (κ1) is 11.3. The number of nitrogens with one attached hydrogen (secondary N) is 1. The molecule has 0 fully saturated rings. The van der Waals surface area contributed by atoms with Gasteiger partial charge in [0.2, 0.25) is 0 Å². The molecule has 84 valence electrons. The SMILES string of the molecule is CC1=CC(=O)C([I-]c2ccccc2)C(=O)N1. The van der Waals surface area contributed by atoms with Gasteiger partial charge in [0.25, 0.3) is 0 Å². The third-order valence-corrected chi connectivity index (χ3v) is 5.37. The minimum atomic E-state index is -0.600. The van der Waals surface area contributed by atoms with Crippen LogP contribution in [0.4, 0.5) is 0 Å². The molecule has 1 unspecified atom stereocenters. The van der Waals surface area contributed by atoms with Crippen LogP contribution in [0.5, 0.6) is 0 Å². The number of ketones is 1. The van der Waals surface area contributed by atoms with Crippen molar-refractivity contribution in [1.29, 1.82) is 0 Å². The molecule has 16 heavy (non-hydrogen) atoms. The van der Waals surface area contributed by atoms with E-state index in [0.29, 0.717) is 5.70 Å². The molecule has 3 nitrogen and oxygen atoms in total. The summed E-state index contributed by atoms with van der Waals surface area (Å²) in [6, 6.07) is 9.74. The maximum absolute atomic E-state index is 11.7. The molecule has 1 heterocycles. The van der Waals surface area contributed by atoms with Crippen molar-refractivity contribution >= 4 is 11.7 Å². The minimum absolute atomic E-state index is 0.0575. The summed E-state index contributed by atoms with van der Waals surface area (Å²) in [5.74, 6) is -0.209. The van der Waals surface area contributed by atoms with Crippen LogP contribution in [0, 0.1) is 3.57 Å². The molecular weight excluding hydrogens is 317 g/mol. The van der Waals surface area contributed by atoms with Gasteiger partial charge in [-0.1, -0.05) is 0 Å². The molecule has 1 atom stereocenters. The van der Waals surface area contributed by atoms with Crippen LogP contribution < -0.4 is 26.5 Å². The maximum atomic E-state index is 11.7. The fraction of sp³-hybridized carbons (Fsp3) is 0.167. The Kier molecular flexibility index (Phi) is 3.38. The summed E-state index contributed by atoms with van der Waals surface area (Å²) in [5, 5.41) is 2.71. The molecule has 1 aromatic carbocycles. The van der Waals surface area contributed by atoms with Gasteiger partial charge in [-0.3, -0.25) is 0 Å². The van der Waals surface area contributed by atoms with Crippen molar-refractivity contribution in [3.63, 3.8) is 0 Å². The monoisotopic (exact) mass is 328 g/mol. The molecule has 1 amide bonds. The average Bonchev–Trinajstić information content (AvgIpc) is 2.25. The molecule has 2 rings (SSSR count). The Bertz CT molecular complexity index is 453. The van der Waals surface area contributed by atoms with Crippen LogP contribution in [-0.2, 0) is 9.59 Å². The molecule has 1 aliphatic heterocycles. The molecular formula is C12H11INO2-. The van der Waals surface area contributed by atoms with Crippen molar-refractivity contribution in [2.75, 3.05) is 0 Å². The molecule has 0 radical (unpaired) electrons. The second-order valence-electron chi connectivity index (χ2n) is 3.49. The predicted octanol–water partition coefficient (Wildman–Crippen LogP) is -2.08. The number of benzene rings is 1. The molecule has 0 spiro atoms. The van der Waals surface area contributed by atoms with Crippen LogP contribution in [0.3, 0.4) is 0 Å². The van der Waals surface area contributed by atoms with E-state index in [9.17, 15) is 9.59 Å². The van der Waals surface area contributed by atoms with Crippen LogP contribution in [0.15, 0.2) is 42.1 Å². The zero-order chi connectivity index (χ0) is 11.5. The summed E-state index contributed by atoms with van der Waals surface area (Å²) in [5.41, 5.74) is 0.642. The van der Waals surface area contributed by atoms with Crippen molar-refractivity contribution in [3.05, 3.63) is 45.7 Å². The normalized spacial score (nSPS) is 20.6. The quantitative estimate of drug-likeness (QED) is 0.385. The molecule has 1 aliphatic rings. The van der Waals surface area contributed by atoms with Gasteiger partial charge in [-0.2, -0.15) is 0 Å². The molecule has 0 bridgehead atoms. The fourth-order valence-electron chi connectivity index (χ4n) is 1.43. The van der Waals surface area contributed by atoms with E-state index >= 15 is 0 Å². The van der Waals surface area contributed by atoms with E-state index in [-0.39, 0.29) is 11.7 Å². The number of carbonyl (C=O) groups excluding carboxylic acids is 2. The van der Waals surface area contributed by atoms with E-state index in [1.807, 2.05) is 30.3 Å². The van der Waals surface area contributed by atoms with Crippen LogP contribution in [0.1, 0.15) is 6.92 Å². The average molecular weight is 328 g/mol. The van der Waals surface area contributed by atoms with Crippen molar-refractivity contribution in [1.82, 2.24) is 5.32 Å². The van der Waals surface area contributed by atoms with E-state index < -0.39 is 25.1 Å². The standard InChI is InChI=1S/C12H11INO2/c1-8-7-10(15)11(12(16)14-8)13-9-5-3-2-4-6-9/h2-7,11H,1H3,(H,14,16)/q-1. The molecule has 0 saturated carbocycles. The number of allylic oxidation sites excluding steroid dienone is 2. The molecule has 0 aliphatic carbocycles. The Balaban J connectivity index is 2.17. The Labute approximate surface area is 104 Å². The van der Waals surface area contributed by atoms with E-state index in [2.05, 4.69) is 5.32 Å². The van der Waals surface area contributed by atoms with Gasteiger partial charge in [0.15, 0.2) is 0 Å². The number of hydrogen-bond acceptors (Lipinski definition) is 2. The van der Waals surface area contributed by atoms with Crippen molar-refractivity contribution in [3.8, 4) is 0 Å². The van der Waals surface area contributed by atoms with E-state index in [4.69, 9.17) is 0 Å². The van der Waals surface area contributed by atoms with Gasteiger partial charge in [0.1, 0.15) is 0 Å². The third kappa shape index (κ3) is 2.49. The van der Waals surface area contributed by atoms with Gasteiger partial charge < -0.3 is 0 Å². The fourth-order valence-corrected chi connectivity index (χ4v) is 3.90. The van der Waals surface area contributed by atoms with E-state index in [1.54, 1.807) is 6.92 Å². The van der Waals surface area contributed by atoms with E-state index in [1.165, 1.54) is 6.08 Å². The summed E-state index contributed by atoms with van der Waals surface area (Å²) in [4.78, 5) is 23.4. The van der Waals surface area contributed by atoms with Gasteiger partial charge in [-0.15, -0.1) is 0 Å². The predicted molar refractivity (Wildman–Crippen MR) is 55.8 cm³/mol. The summed E-state index contributed by atoms with van der Waals surface area (Å²) in [6.07, 6.45) is 1.52. The second-order valence-corrected chi connectivity index (χ2v) is 6.60. The number of alkyl halides is 1. The zero-order valence-electron chi connectivity index (χ0n) is 8.74. The Morgan fingerprint density at radius 3 is 2.50 bits per heavy atom. The molecule has 4 heteroatoms. The van der Waals surface area contributed by atoms with Gasteiger partial charge in [0.05, 0.1) is 0 Å². The summed E-state index contributed by atoms with van der Waals surface area (Å²) >= 11 is -0.600. The van der Waals surface area contributed by atoms with Gasteiger partial charge in [0, 0.05) is 0 Å². The number of rotatable bonds is 2. The van der Waals surface area contributed by atoms with Crippen LogP contribution in [0.2, 0.25) is 0 Å². The Morgan fingerprint density at radius 2 is 1.88 bits per heavy atom. The summed E-state index contributed by atoms with van der Waals surface area (Å²) in [7, 11) is 0. The molecule has 1 N–H and O–H groups in total. The van der Waals surface area contributed by atoms with Crippen LogP contribution in [-0.4, -0.2) is 15.6 Å². The van der Waals surface area contributed by atoms with Crippen LogP contribution >= 0.6 is 0 Å². The first-order chi connectivity index (χ1) is 7.66. The molecule has 0 aromatic heterocycles. The number of carbonyl (C=O) groups is 2. The van der Waals surface area contributed by atoms with Crippen molar-refractivity contribution in [2.24, 2.45) is 0 Å². The first-order valence-electron chi connectivity index (χ1n) is 4.88. The van der Waals surface area contributed by atoms with Gasteiger partial charge in [-0.05, 0) is 0 Å².